The van der Waals surface area contributed by atoms with Crippen molar-refractivity contribution in [2.24, 2.45) is 0 Å². The highest BCUT2D eigenvalue weighted by atomic mass is 19.1. The number of amides is 1. The highest BCUT2D eigenvalue weighted by Gasteiger charge is 2.44. The van der Waals surface area contributed by atoms with Gasteiger partial charge in [0, 0.05) is 30.6 Å². The van der Waals surface area contributed by atoms with E-state index in [9.17, 15) is 9.18 Å². The van der Waals surface area contributed by atoms with Crippen molar-refractivity contribution in [3.05, 3.63) is 65.5 Å². The zero-order valence-corrected chi connectivity index (χ0v) is 15.5. The third kappa shape index (κ3) is 3.56. The molecule has 1 N–H and O–H groups in total. The summed E-state index contributed by atoms with van der Waals surface area (Å²) >= 11 is 0. The number of carbonyl (C=O) groups is 1. The fourth-order valence-electron chi connectivity index (χ4n) is 4.57. The number of halogens is 1. The molecule has 4 rings (SSSR count). The van der Waals surface area contributed by atoms with Gasteiger partial charge in [-0.3, -0.25) is 4.79 Å². The number of para-hydroxylation sites is 1. The van der Waals surface area contributed by atoms with Crippen LogP contribution in [0.4, 0.5) is 4.39 Å². The smallest absolute Gasteiger partial charge is 0.227 e. The van der Waals surface area contributed by atoms with Gasteiger partial charge < -0.3 is 15.0 Å². The number of methoxy groups -OCH3 is 1. The molecule has 0 spiro atoms. The average molecular weight is 368 g/mol. The Morgan fingerprint density at radius 2 is 2.00 bits per heavy atom. The zero-order valence-electron chi connectivity index (χ0n) is 15.5. The van der Waals surface area contributed by atoms with Crippen LogP contribution >= 0.6 is 0 Å². The molecule has 0 aliphatic carbocycles. The minimum atomic E-state index is -0.228. The van der Waals surface area contributed by atoms with Crippen LogP contribution in [-0.4, -0.2) is 43.1 Å². The Hall–Kier alpha value is -2.40. The lowest BCUT2D eigenvalue weighted by molar-refractivity contribution is -0.134. The maximum absolute atomic E-state index is 13.3. The van der Waals surface area contributed by atoms with E-state index in [2.05, 4.69) is 5.32 Å². The van der Waals surface area contributed by atoms with Crippen molar-refractivity contribution in [1.29, 1.82) is 0 Å². The second-order valence-corrected chi connectivity index (χ2v) is 7.38. The normalized spacial score (nSPS) is 24.5. The van der Waals surface area contributed by atoms with E-state index < -0.39 is 0 Å². The van der Waals surface area contributed by atoms with E-state index in [1.165, 1.54) is 12.1 Å². The average Bonchev–Trinajstić information content (AvgIpc) is 3.13. The van der Waals surface area contributed by atoms with Crippen molar-refractivity contribution in [2.45, 2.75) is 37.3 Å². The Kier molecular flexibility index (Phi) is 5.12. The van der Waals surface area contributed by atoms with Gasteiger partial charge in [0.2, 0.25) is 5.91 Å². The molecule has 2 aliphatic rings. The molecule has 2 heterocycles. The van der Waals surface area contributed by atoms with Crippen molar-refractivity contribution in [2.75, 3.05) is 20.2 Å². The molecule has 0 radical (unpaired) electrons. The molecule has 2 aliphatic heterocycles. The van der Waals surface area contributed by atoms with Gasteiger partial charge >= 0.3 is 0 Å². The van der Waals surface area contributed by atoms with E-state index in [1.54, 1.807) is 7.11 Å². The van der Waals surface area contributed by atoms with Crippen LogP contribution in [-0.2, 0) is 11.2 Å². The minimum absolute atomic E-state index is 0.117. The molecule has 5 heteroatoms. The molecule has 0 unspecified atom stereocenters. The monoisotopic (exact) mass is 368 g/mol. The largest absolute Gasteiger partial charge is 0.496 e. The number of hydrogen-bond acceptors (Lipinski definition) is 3. The number of carbonyl (C=O) groups excluding carboxylic acids is 1. The molecule has 4 nitrogen and oxygen atoms in total. The molecule has 2 saturated heterocycles. The Morgan fingerprint density at radius 3 is 2.78 bits per heavy atom. The second-order valence-electron chi connectivity index (χ2n) is 7.38. The SMILES string of the molecule is COc1ccccc1CC(=O)N1CCC[C@H]2NC[C@H](c3ccc(F)cc3)[C@H]21. The topological polar surface area (TPSA) is 41.6 Å². The van der Waals surface area contributed by atoms with Gasteiger partial charge in [0.1, 0.15) is 11.6 Å². The predicted molar refractivity (Wildman–Crippen MR) is 102 cm³/mol. The first-order valence-electron chi connectivity index (χ1n) is 9.57. The molecule has 1 amide bonds. The van der Waals surface area contributed by atoms with Crippen LogP contribution in [0, 0.1) is 5.82 Å². The molecule has 0 aromatic heterocycles. The Bertz CT molecular complexity index is 808. The molecule has 2 fully saturated rings. The quantitative estimate of drug-likeness (QED) is 0.902. The summed E-state index contributed by atoms with van der Waals surface area (Å²) < 4.78 is 18.7. The number of hydrogen-bond donors (Lipinski definition) is 1. The molecule has 2 aromatic carbocycles. The molecular formula is C22H25FN2O2. The van der Waals surface area contributed by atoms with Gasteiger partial charge in [-0.25, -0.2) is 4.39 Å². The van der Waals surface area contributed by atoms with Crippen molar-refractivity contribution in [1.82, 2.24) is 10.2 Å². The van der Waals surface area contributed by atoms with Gasteiger partial charge in [-0.2, -0.15) is 0 Å². The number of rotatable bonds is 4. The lowest BCUT2D eigenvalue weighted by Crippen LogP contribution is -2.53. The summed E-state index contributed by atoms with van der Waals surface area (Å²) in [7, 11) is 1.63. The lowest BCUT2D eigenvalue weighted by atomic mass is 9.85. The summed E-state index contributed by atoms with van der Waals surface area (Å²) in [4.78, 5) is 15.2. The number of nitrogens with zero attached hydrogens (tertiary/aromatic N) is 1. The fraction of sp³-hybridized carbons (Fsp3) is 0.409. The first kappa shape index (κ1) is 18.0. The van der Waals surface area contributed by atoms with Gasteiger partial charge in [0.05, 0.1) is 19.6 Å². The third-order valence-electron chi connectivity index (χ3n) is 5.85. The standard InChI is InChI=1S/C22H25FN2O2/c1-27-20-7-3-2-5-16(20)13-21(26)25-12-4-6-19-22(25)18(14-24-19)15-8-10-17(23)11-9-15/h2-3,5,7-11,18-19,22,24H,4,6,12-14H2,1H3/t18-,19-,22-/m1/s1. The summed E-state index contributed by atoms with van der Waals surface area (Å²) in [6.45, 7) is 1.59. The third-order valence-corrected chi connectivity index (χ3v) is 5.85. The van der Waals surface area contributed by atoms with Crippen LogP contribution < -0.4 is 10.1 Å². The van der Waals surface area contributed by atoms with Gasteiger partial charge in [-0.1, -0.05) is 30.3 Å². The summed E-state index contributed by atoms with van der Waals surface area (Å²) in [6.07, 6.45) is 2.41. The van der Waals surface area contributed by atoms with Crippen LogP contribution in [0.3, 0.4) is 0 Å². The lowest BCUT2D eigenvalue weighted by Gasteiger charge is -2.40. The highest BCUT2D eigenvalue weighted by molar-refractivity contribution is 5.80. The van der Waals surface area contributed by atoms with Crippen LogP contribution in [0.15, 0.2) is 48.5 Å². The second kappa shape index (κ2) is 7.69. The molecular weight excluding hydrogens is 343 g/mol. The van der Waals surface area contributed by atoms with E-state index in [0.29, 0.717) is 12.5 Å². The molecule has 27 heavy (non-hydrogen) atoms. The first-order chi connectivity index (χ1) is 13.2. The summed E-state index contributed by atoms with van der Waals surface area (Å²) in [5.41, 5.74) is 2.00. The van der Waals surface area contributed by atoms with Crippen LogP contribution in [0.2, 0.25) is 0 Å². The van der Waals surface area contributed by atoms with E-state index in [4.69, 9.17) is 4.74 Å². The number of benzene rings is 2. The van der Waals surface area contributed by atoms with Crippen molar-refractivity contribution < 1.29 is 13.9 Å². The number of piperidine rings is 1. The predicted octanol–water partition coefficient (Wildman–Crippen LogP) is 3.12. The van der Waals surface area contributed by atoms with E-state index in [0.717, 1.165) is 42.8 Å². The van der Waals surface area contributed by atoms with Crippen LogP contribution in [0.1, 0.15) is 29.9 Å². The maximum Gasteiger partial charge on any atom is 0.227 e. The minimum Gasteiger partial charge on any atom is -0.496 e. The summed E-state index contributed by atoms with van der Waals surface area (Å²) in [5, 5.41) is 3.58. The van der Waals surface area contributed by atoms with Crippen molar-refractivity contribution >= 4 is 5.91 Å². The van der Waals surface area contributed by atoms with Crippen molar-refractivity contribution in [3.63, 3.8) is 0 Å². The van der Waals surface area contributed by atoms with Gasteiger partial charge in [0.25, 0.3) is 0 Å². The van der Waals surface area contributed by atoms with Crippen molar-refractivity contribution in [3.8, 4) is 5.75 Å². The fourth-order valence-corrected chi connectivity index (χ4v) is 4.57. The van der Waals surface area contributed by atoms with Crippen LogP contribution in [0.5, 0.6) is 5.75 Å². The molecule has 142 valence electrons. The maximum atomic E-state index is 13.3. The number of likely N-dealkylation sites (tertiary alicyclic amines) is 1. The Morgan fingerprint density at radius 1 is 1.22 bits per heavy atom. The summed E-state index contributed by atoms with van der Waals surface area (Å²) in [5.74, 6) is 0.843. The molecule has 3 atom stereocenters. The zero-order chi connectivity index (χ0) is 18.8. The van der Waals surface area contributed by atoms with Gasteiger partial charge in [-0.15, -0.1) is 0 Å². The highest BCUT2D eigenvalue weighted by Crippen LogP contribution is 2.35. The molecule has 0 saturated carbocycles. The number of fused-ring (bicyclic) bond motifs is 1. The number of ether oxygens (including phenoxy) is 1. The van der Waals surface area contributed by atoms with E-state index in [1.807, 2.05) is 41.3 Å². The van der Waals surface area contributed by atoms with Crippen LogP contribution in [0.25, 0.3) is 0 Å². The Labute approximate surface area is 159 Å². The van der Waals surface area contributed by atoms with Gasteiger partial charge in [0.15, 0.2) is 0 Å². The number of nitrogens with one attached hydrogen (secondary N) is 1. The Balaban J connectivity index is 1.57. The van der Waals surface area contributed by atoms with E-state index >= 15 is 0 Å². The van der Waals surface area contributed by atoms with E-state index in [-0.39, 0.29) is 23.7 Å². The first-order valence-corrected chi connectivity index (χ1v) is 9.57. The molecule has 2 aromatic rings. The molecule has 0 bridgehead atoms. The summed E-state index contributed by atoms with van der Waals surface area (Å²) in [6, 6.07) is 14.8. The van der Waals surface area contributed by atoms with Gasteiger partial charge in [-0.05, 0) is 36.6 Å².